The lowest BCUT2D eigenvalue weighted by atomic mass is 10.0. The van der Waals surface area contributed by atoms with Gasteiger partial charge in [0.1, 0.15) is 5.58 Å². The van der Waals surface area contributed by atoms with Gasteiger partial charge in [0.2, 0.25) is 0 Å². The van der Waals surface area contributed by atoms with Crippen LogP contribution in [0.2, 0.25) is 0 Å². The van der Waals surface area contributed by atoms with Crippen molar-refractivity contribution >= 4 is 54.4 Å². The summed E-state index contributed by atoms with van der Waals surface area (Å²) in [5, 5.41) is 0.863. The van der Waals surface area contributed by atoms with Crippen LogP contribution >= 0.6 is 31.9 Å². The first-order chi connectivity index (χ1) is 11.0. The van der Waals surface area contributed by atoms with Gasteiger partial charge in [-0.3, -0.25) is 9.59 Å². The van der Waals surface area contributed by atoms with Crippen LogP contribution in [0.25, 0.3) is 11.0 Å². The fraction of sp³-hybridized carbons (Fsp3) is 0.111. The van der Waals surface area contributed by atoms with Gasteiger partial charge in [-0.15, -0.1) is 0 Å². The molecule has 0 radical (unpaired) electrons. The number of carbonyl (C=O) groups is 2. The molecule has 0 saturated carbocycles. The second kappa shape index (κ2) is 6.81. The summed E-state index contributed by atoms with van der Waals surface area (Å²) in [7, 11) is 0. The van der Waals surface area contributed by atoms with E-state index in [0.29, 0.717) is 16.9 Å². The third-order valence-electron chi connectivity index (χ3n) is 3.50. The van der Waals surface area contributed by atoms with Crippen LogP contribution in [0.15, 0.2) is 61.9 Å². The first-order valence-corrected chi connectivity index (χ1v) is 8.62. The van der Waals surface area contributed by atoms with Crippen molar-refractivity contribution in [3.05, 3.63) is 68.8 Å². The van der Waals surface area contributed by atoms with E-state index in [9.17, 15) is 9.59 Å². The summed E-state index contributed by atoms with van der Waals surface area (Å²) in [5.41, 5.74) is 1.27. The zero-order chi connectivity index (χ0) is 16.4. The molecule has 3 aromatic rings. The molecule has 0 unspecified atom stereocenters. The monoisotopic (exact) mass is 434 g/mol. The van der Waals surface area contributed by atoms with Crippen LogP contribution in [0.3, 0.4) is 0 Å². The molecule has 0 aliphatic rings. The van der Waals surface area contributed by atoms with E-state index in [0.717, 1.165) is 14.3 Å². The summed E-state index contributed by atoms with van der Waals surface area (Å²) < 4.78 is 7.39. The van der Waals surface area contributed by atoms with Gasteiger partial charge in [-0.2, -0.15) is 0 Å². The molecule has 1 aromatic heterocycles. The Bertz CT molecular complexity index is 879. The highest BCUT2D eigenvalue weighted by molar-refractivity contribution is 9.10. The molecule has 0 spiro atoms. The van der Waals surface area contributed by atoms with E-state index in [1.54, 1.807) is 18.2 Å². The standard InChI is InChI=1S/C18H12Br2O3/c19-13-3-1-11(2-4-13)15(21)6-7-16(22)18-10-12-9-14(20)5-8-17(12)23-18/h1-5,8-10H,6-7H2. The van der Waals surface area contributed by atoms with E-state index in [4.69, 9.17) is 4.42 Å². The predicted octanol–water partition coefficient (Wildman–Crippen LogP) is 5.80. The molecule has 1 heterocycles. The Morgan fingerprint density at radius 1 is 0.826 bits per heavy atom. The third kappa shape index (κ3) is 3.79. The van der Waals surface area contributed by atoms with Crippen molar-refractivity contribution in [2.45, 2.75) is 12.8 Å². The van der Waals surface area contributed by atoms with Crippen molar-refractivity contribution in [3.63, 3.8) is 0 Å². The van der Waals surface area contributed by atoms with E-state index >= 15 is 0 Å². The summed E-state index contributed by atoms with van der Waals surface area (Å²) in [5.74, 6) is 0.0780. The minimum absolute atomic E-state index is 0.0512. The Balaban J connectivity index is 1.68. The number of hydrogen-bond donors (Lipinski definition) is 0. The zero-order valence-corrected chi connectivity index (χ0v) is 15.2. The van der Waals surface area contributed by atoms with Crippen LogP contribution < -0.4 is 0 Å². The van der Waals surface area contributed by atoms with Crippen molar-refractivity contribution in [2.75, 3.05) is 0 Å². The van der Waals surface area contributed by atoms with Gasteiger partial charge in [0.25, 0.3) is 0 Å². The Morgan fingerprint density at radius 2 is 1.48 bits per heavy atom. The maximum atomic E-state index is 12.2. The number of furan rings is 1. The number of benzene rings is 2. The van der Waals surface area contributed by atoms with E-state index in [1.165, 1.54) is 0 Å². The lowest BCUT2D eigenvalue weighted by Crippen LogP contribution is -2.04. The second-order valence-corrected chi connectivity index (χ2v) is 6.98. The molecule has 0 bridgehead atoms. The van der Waals surface area contributed by atoms with Gasteiger partial charge in [-0.25, -0.2) is 0 Å². The van der Waals surface area contributed by atoms with Crippen LogP contribution in [-0.2, 0) is 0 Å². The smallest absolute Gasteiger partial charge is 0.198 e. The third-order valence-corrected chi connectivity index (χ3v) is 4.52. The van der Waals surface area contributed by atoms with Crippen LogP contribution in [0.4, 0.5) is 0 Å². The predicted molar refractivity (Wildman–Crippen MR) is 96.0 cm³/mol. The minimum atomic E-state index is -0.164. The first-order valence-electron chi connectivity index (χ1n) is 7.04. The van der Waals surface area contributed by atoms with Crippen molar-refractivity contribution in [1.29, 1.82) is 0 Å². The fourth-order valence-electron chi connectivity index (χ4n) is 2.28. The average molecular weight is 436 g/mol. The lowest BCUT2D eigenvalue weighted by Gasteiger charge is -2.00. The Labute approximate surface area is 149 Å². The summed E-state index contributed by atoms with van der Waals surface area (Å²) >= 11 is 6.71. The summed E-state index contributed by atoms with van der Waals surface area (Å²) in [6, 6.07) is 14.4. The molecule has 3 nitrogen and oxygen atoms in total. The normalized spacial score (nSPS) is 10.9. The lowest BCUT2D eigenvalue weighted by molar-refractivity contribution is 0.0903. The molecule has 0 fully saturated rings. The van der Waals surface area contributed by atoms with E-state index < -0.39 is 0 Å². The summed E-state index contributed by atoms with van der Waals surface area (Å²) in [4.78, 5) is 24.3. The van der Waals surface area contributed by atoms with Crippen LogP contribution in [-0.4, -0.2) is 11.6 Å². The number of Topliss-reactive ketones (excluding diaryl/α,β-unsaturated/α-hetero) is 2. The van der Waals surface area contributed by atoms with Gasteiger partial charge >= 0.3 is 0 Å². The zero-order valence-electron chi connectivity index (χ0n) is 12.0. The number of rotatable bonds is 5. The number of carbonyl (C=O) groups excluding carboxylic acids is 2. The number of ketones is 2. The van der Waals surface area contributed by atoms with Gasteiger partial charge in [0, 0.05) is 32.7 Å². The van der Waals surface area contributed by atoms with E-state index in [2.05, 4.69) is 31.9 Å². The number of fused-ring (bicyclic) bond motifs is 1. The van der Waals surface area contributed by atoms with Crippen LogP contribution in [0.1, 0.15) is 33.8 Å². The van der Waals surface area contributed by atoms with Gasteiger partial charge in [0.05, 0.1) is 0 Å². The highest BCUT2D eigenvalue weighted by Gasteiger charge is 2.15. The fourth-order valence-corrected chi connectivity index (χ4v) is 2.93. The topological polar surface area (TPSA) is 47.3 Å². The average Bonchev–Trinajstić information content (AvgIpc) is 2.96. The minimum Gasteiger partial charge on any atom is -0.453 e. The maximum Gasteiger partial charge on any atom is 0.198 e. The Hall–Kier alpha value is -1.72. The van der Waals surface area contributed by atoms with E-state index in [-0.39, 0.29) is 24.4 Å². The number of hydrogen-bond acceptors (Lipinski definition) is 3. The molecule has 0 atom stereocenters. The van der Waals surface area contributed by atoms with Crippen molar-refractivity contribution in [2.24, 2.45) is 0 Å². The molecule has 0 N–H and O–H groups in total. The van der Waals surface area contributed by atoms with Crippen molar-refractivity contribution in [3.8, 4) is 0 Å². The number of halogens is 2. The summed E-state index contributed by atoms with van der Waals surface area (Å²) in [6.07, 6.45) is 0.303. The molecule has 0 aliphatic carbocycles. The largest absolute Gasteiger partial charge is 0.453 e. The SMILES string of the molecule is O=C(CCC(=O)c1cc2cc(Br)ccc2o1)c1ccc(Br)cc1. The molecule has 3 rings (SSSR count). The van der Waals surface area contributed by atoms with Crippen LogP contribution in [0.5, 0.6) is 0 Å². The van der Waals surface area contributed by atoms with E-state index in [1.807, 2.05) is 30.3 Å². The van der Waals surface area contributed by atoms with Gasteiger partial charge in [0.15, 0.2) is 17.3 Å². The molecule has 0 amide bonds. The molecule has 0 saturated heterocycles. The molecular weight excluding hydrogens is 424 g/mol. The van der Waals surface area contributed by atoms with Crippen molar-refractivity contribution in [1.82, 2.24) is 0 Å². The highest BCUT2D eigenvalue weighted by atomic mass is 79.9. The molecule has 2 aromatic carbocycles. The highest BCUT2D eigenvalue weighted by Crippen LogP contribution is 2.24. The van der Waals surface area contributed by atoms with Gasteiger partial charge in [-0.05, 0) is 36.4 Å². The summed E-state index contributed by atoms with van der Waals surface area (Å²) in [6.45, 7) is 0. The maximum absolute atomic E-state index is 12.2. The van der Waals surface area contributed by atoms with Gasteiger partial charge in [-0.1, -0.05) is 44.0 Å². The second-order valence-electron chi connectivity index (χ2n) is 5.15. The molecule has 23 heavy (non-hydrogen) atoms. The quantitative estimate of drug-likeness (QED) is 0.475. The molecular formula is C18H12Br2O3. The first kappa shape index (κ1) is 16.1. The molecule has 0 aliphatic heterocycles. The van der Waals surface area contributed by atoms with Crippen molar-refractivity contribution < 1.29 is 14.0 Å². The van der Waals surface area contributed by atoms with Crippen LogP contribution in [0, 0.1) is 0 Å². The molecule has 5 heteroatoms. The Morgan fingerprint density at radius 3 is 2.22 bits per heavy atom. The molecule has 116 valence electrons. The Kier molecular flexibility index (Phi) is 4.78. The van der Waals surface area contributed by atoms with Gasteiger partial charge < -0.3 is 4.42 Å².